The van der Waals surface area contributed by atoms with Crippen LogP contribution in [-0.2, 0) is 0 Å². The highest BCUT2D eigenvalue weighted by Crippen LogP contribution is 2.14. The summed E-state index contributed by atoms with van der Waals surface area (Å²) in [5, 5.41) is 0. The van der Waals surface area contributed by atoms with E-state index in [4.69, 9.17) is 9.47 Å². The lowest BCUT2D eigenvalue weighted by Gasteiger charge is -2.00. The molecule has 0 saturated heterocycles. The second-order valence-corrected chi connectivity index (χ2v) is 3.79. The molecule has 2 nitrogen and oxygen atoms in total. The van der Waals surface area contributed by atoms with Crippen molar-refractivity contribution in [1.29, 1.82) is 0 Å². The second-order valence-electron chi connectivity index (χ2n) is 3.79. The number of methoxy groups -OCH3 is 2. The Morgan fingerprint density at radius 1 is 0.778 bits per heavy atom. The summed E-state index contributed by atoms with van der Waals surface area (Å²) in [5.74, 6) is 1.71. The average Bonchev–Trinajstić information content (AvgIpc) is 2.46. The van der Waals surface area contributed by atoms with Gasteiger partial charge in [-0.3, -0.25) is 0 Å². The van der Waals surface area contributed by atoms with E-state index in [1.54, 1.807) is 14.2 Å². The first kappa shape index (κ1) is 12.2. The highest BCUT2D eigenvalue weighted by molar-refractivity contribution is 5.52. The molecule has 0 bridgehead atoms. The summed E-state index contributed by atoms with van der Waals surface area (Å²) in [6.07, 6.45) is 5.17. The Hall–Kier alpha value is -2.22. The van der Waals surface area contributed by atoms with Crippen molar-refractivity contribution in [1.82, 2.24) is 0 Å². The van der Waals surface area contributed by atoms with Gasteiger partial charge in [0.2, 0.25) is 0 Å². The third-order valence-corrected chi connectivity index (χ3v) is 2.61. The van der Waals surface area contributed by atoms with Crippen LogP contribution in [0, 0.1) is 6.08 Å². The van der Waals surface area contributed by atoms with Crippen molar-refractivity contribution in [2.45, 2.75) is 0 Å². The Labute approximate surface area is 107 Å². The number of benzene rings is 2. The minimum atomic E-state index is 0.852. The molecular formula is C16H15O2. The summed E-state index contributed by atoms with van der Waals surface area (Å²) in [4.78, 5) is 0. The van der Waals surface area contributed by atoms with Crippen molar-refractivity contribution in [2.24, 2.45) is 0 Å². The predicted molar refractivity (Wildman–Crippen MR) is 72.8 cm³/mol. The van der Waals surface area contributed by atoms with E-state index in [0.717, 1.165) is 22.6 Å². The Morgan fingerprint density at radius 2 is 1.28 bits per heavy atom. The number of rotatable bonds is 4. The van der Waals surface area contributed by atoms with Crippen molar-refractivity contribution in [3.05, 3.63) is 65.7 Å². The topological polar surface area (TPSA) is 18.5 Å². The molecule has 0 aliphatic heterocycles. The summed E-state index contributed by atoms with van der Waals surface area (Å²) in [5.41, 5.74) is 2.11. The fourth-order valence-electron chi connectivity index (χ4n) is 1.55. The molecule has 0 saturated carbocycles. The van der Waals surface area contributed by atoms with E-state index in [2.05, 4.69) is 6.08 Å². The summed E-state index contributed by atoms with van der Waals surface area (Å²) in [7, 11) is 3.32. The van der Waals surface area contributed by atoms with Gasteiger partial charge in [-0.2, -0.15) is 0 Å². The maximum Gasteiger partial charge on any atom is 0.118 e. The van der Waals surface area contributed by atoms with Crippen LogP contribution in [-0.4, -0.2) is 14.2 Å². The molecule has 2 aromatic carbocycles. The normalized spacial score (nSPS) is 10.6. The second kappa shape index (κ2) is 5.92. The fraction of sp³-hybridized carbons (Fsp3) is 0.125. The molecule has 18 heavy (non-hydrogen) atoms. The third kappa shape index (κ3) is 3.14. The van der Waals surface area contributed by atoms with Crippen LogP contribution < -0.4 is 9.47 Å². The minimum Gasteiger partial charge on any atom is -0.497 e. The molecule has 0 aliphatic carbocycles. The lowest BCUT2D eigenvalue weighted by Crippen LogP contribution is -1.82. The quantitative estimate of drug-likeness (QED) is 0.759. The van der Waals surface area contributed by atoms with E-state index in [9.17, 15) is 0 Å². The van der Waals surface area contributed by atoms with Crippen LogP contribution in [0.1, 0.15) is 11.1 Å². The largest absolute Gasteiger partial charge is 0.497 e. The Balaban J connectivity index is 2.08. The molecule has 91 valence electrons. The SMILES string of the molecule is COc1ccc([C]=Cc2ccc(OC)cc2)cc1. The molecule has 0 aromatic heterocycles. The monoisotopic (exact) mass is 239 g/mol. The first-order valence-corrected chi connectivity index (χ1v) is 5.69. The van der Waals surface area contributed by atoms with Gasteiger partial charge in [0.15, 0.2) is 0 Å². The van der Waals surface area contributed by atoms with Gasteiger partial charge in [-0.1, -0.05) is 24.3 Å². The zero-order valence-corrected chi connectivity index (χ0v) is 10.5. The van der Waals surface area contributed by atoms with Gasteiger partial charge in [0, 0.05) is 0 Å². The number of hydrogen-bond acceptors (Lipinski definition) is 2. The van der Waals surface area contributed by atoms with Gasteiger partial charge >= 0.3 is 0 Å². The highest BCUT2D eigenvalue weighted by atomic mass is 16.5. The molecule has 2 heteroatoms. The molecule has 0 fully saturated rings. The van der Waals surface area contributed by atoms with Crippen LogP contribution in [0.5, 0.6) is 11.5 Å². The first-order valence-electron chi connectivity index (χ1n) is 5.69. The van der Waals surface area contributed by atoms with Crippen molar-refractivity contribution in [2.75, 3.05) is 14.2 Å². The van der Waals surface area contributed by atoms with Crippen molar-refractivity contribution < 1.29 is 9.47 Å². The van der Waals surface area contributed by atoms with Gasteiger partial charge in [-0.05, 0) is 47.5 Å². The fourth-order valence-corrected chi connectivity index (χ4v) is 1.55. The molecule has 0 atom stereocenters. The van der Waals surface area contributed by atoms with Crippen molar-refractivity contribution in [3.8, 4) is 11.5 Å². The predicted octanol–water partition coefficient (Wildman–Crippen LogP) is 3.57. The molecule has 0 spiro atoms. The van der Waals surface area contributed by atoms with E-state index < -0.39 is 0 Å². The van der Waals surface area contributed by atoms with Gasteiger partial charge < -0.3 is 9.47 Å². The molecule has 2 aromatic rings. The van der Waals surface area contributed by atoms with E-state index in [0.29, 0.717) is 0 Å². The van der Waals surface area contributed by atoms with Crippen LogP contribution in [0.3, 0.4) is 0 Å². The van der Waals surface area contributed by atoms with E-state index in [-0.39, 0.29) is 0 Å². The van der Waals surface area contributed by atoms with Crippen LogP contribution in [0.25, 0.3) is 6.08 Å². The molecule has 1 radical (unpaired) electrons. The zero-order valence-electron chi connectivity index (χ0n) is 10.5. The number of hydrogen-bond donors (Lipinski definition) is 0. The summed E-state index contributed by atoms with van der Waals surface area (Å²) in [6, 6.07) is 15.6. The van der Waals surface area contributed by atoms with E-state index in [1.807, 2.05) is 54.6 Å². The van der Waals surface area contributed by atoms with Crippen molar-refractivity contribution >= 4 is 6.08 Å². The molecule has 0 unspecified atom stereocenters. The zero-order chi connectivity index (χ0) is 12.8. The Bertz CT molecular complexity index is 460. The maximum atomic E-state index is 5.11. The smallest absolute Gasteiger partial charge is 0.118 e. The van der Waals surface area contributed by atoms with Gasteiger partial charge in [-0.15, -0.1) is 0 Å². The standard InChI is InChI=1S/C16H15O2/c1-17-15-9-5-13(6-10-15)3-4-14-7-11-16(18-2)12-8-14/h3,5-12H,1-2H3. The lowest BCUT2D eigenvalue weighted by molar-refractivity contribution is 0.414. The van der Waals surface area contributed by atoms with E-state index >= 15 is 0 Å². The lowest BCUT2D eigenvalue weighted by atomic mass is 10.1. The minimum absolute atomic E-state index is 0.852. The summed E-state index contributed by atoms with van der Waals surface area (Å²) >= 11 is 0. The van der Waals surface area contributed by atoms with E-state index in [1.165, 1.54) is 0 Å². The van der Waals surface area contributed by atoms with Crippen LogP contribution in [0.4, 0.5) is 0 Å². The molecule has 2 rings (SSSR count). The van der Waals surface area contributed by atoms with Gasteiger partial charge in [0.05, 0.1) is 14.2 Å². The highest BCUT2D eigenvalue weighted by Gasteiger charge is 1.92. The van der Waals surface area contributed by atoms with Gasteiger partial charge in [-0.25, -0.2) is 0 Å². The van der Waals surface area contributed by atoms with Gasteiger partial charge in [0.1, 0.15) is 11.5 Å². The maximum absolute atomic E-state index is 5.11. The Kier molecular flexibility index (Phi) is 4.02. The molecule has 0 N–H and O–H groups in total. The van der Waals surface area contributed by atoms with Crippen LogP contribution in [0.2, 0.25) is 0 Å². The summed E-state index contributed by atoms with van der Waals surface area (Å²) < 4.78 is 10.2. The molecule has 0 amide bonds. The third-order valence-electron chi connectivity index (χ3n) is 2.61. The molecule has 0 aliphatic rings. The Morgan fingerprint density at radius 3 is 1.78 bits per heavy atom. The molecule has 0 heterocycles. The van der Waals surface area contributed by atoms with Gasteiger partial charge in [0.25, 0.3) is 0 Å². The first-order chi connectivity index (χ1) is 8.81. The summed E-state index contributed by atoms with van der Waals surface area (Å²) in [6.45, 7) is 0. The average molecular weight is 239 g/mol. The molecular weight excluding hydrogens is 224 g/mol. The van der Waals surface area contributed by atoms with Crippen LogP contribution >= 0.6 is 0 Å². The van der Waals surface area contributed by atoms with Crippen LogP contribution in [0.15, 0.2) is 48.5 Å². The van der Waals surface area contributed by atoms with Crippen molar-refractivity contribution in [3.63, 3.8) is 0 Å². The number of ether oxygens (including phenoxy) is 2.